The molecule has 0 fully saturated rings. The molecule has 0 atom stereocenters. The van der Waals surface area contributed by atoms with Gasteiger partial charge in [0.05, 0.1) is 11.8 Å². The lowest BCUT2D eigenvalue weighted by Gasteiger charge is -2.29. The quantitative estimate of drug-likeness (QED) is 0.0760. The van der Waals surface area contributed by atoms with Crippen LogP contribution in [0.1, 0.15) is 0 Å². The third-order valence-corrected chi connectivity index (χ3v) is 5.98. The Bertz CT molecular complexity index is 1350. The molecule has 4 rings (SSSR count). The first-order chi connectivity index (χ1) is 19.2. The van der Waals surface area contributed by atoms with E-state index in [0.29, 0.717) is 0 Å². The second-order valence-corrected chi connectivity index (χ2v) is 9.10. The van der Waals surface area contributed by atoms with Crippen LogP contribution >= 0.6 is 58.2 Å². The van der Waals surface area contributed by atoms with Crippen LogP contribution in [0.25, 0.3) is 0 Å². The zero-order valence-corrected chi connectivity index (χ0v) is 22.1. The number of halogens is 12. The van der Waals surface area contributed by atoms with Gasteiger partial charge in [0, 0.05) is 0 Å². The molecule has 24 heteroatoms. The molecule has 41 heavy (non-hydrogen) atoms. The van der Waals surface area contributed by atoms with Crippen LogP contribution < -0.4 is 14.2 Å². The maximum absolute atomic E-state index is 14.1. The number of aromatic nitrogens is 8. The smallest absolute Gasteiger partial charge is 0.376 e. The lowest BCUT2D eigenvalue weighted by Crippen LogP contribution is -2.47. The molecular formula is C17Cl4F8N8O3S. The highest BCUT2D eigenvalue weighted by Crippen LogP contribution is 2.37. The summed E-state index contributed by atoms with van der Waals surface area (Å²) >= 11 is 20.9. The van der Waals surface area contributed by atoms with Crippen LogP contribution in [0.15, 0.2) is 5.16 Å². The summed E-state index contributed by atoms with van der Waals surface area (Å²) in [5.74, 6) is -14.1. The first-order valence-electron chi connectivity index (χ1n) is 9.48. The van der Waals surface area contributed by atoms with Gasteiger partial charge in [0.1, 0.15) is 0 Å². The van der Waals surface area contributed by atoms with E-state index in [1.165, 1.54) is 0 Å². The fraction of sp³-hybridized carbons (Fsp3) is 0.0588. The Hall–Kier alpha value is -3.33. The van der Waals surface area contributed by atoms with Crippen LogP contribution in [0.4, 0.5) is 35.1 Å². The van der Waals surface area contributed by atoms with Crippen LogP contribution in [0.3, 0.4) is 0 Å². The lowest BCUT2D eigenvalue weighted by atomic mass is 10.6. The summed E-state index contributed by atoms with van der Waals surface area (Å²) < 4.78 is 128. The molecule has 0 aromatic carbocycles. The molecule has 0 bridgehead atoms. The van der Waals surface area contributed by atoms with E-state index in [2.05, 4.69) is 39.9 Å². The van der Waals surface area contributed by atoms with Gasteiger partial charge in [-0.15, -0.1) is 0 Å². The fourth-order valence-corrected chi connectivity index (χ4v) is 3.42. The normalized spacial score (nSPS) is 11.5. The van der Waals surface area contributed by atoms with E-state index in [4.69, 9.17) is 60.6 Å². The molecule has 4 aromatic heterocycles. The SMILES string of the molecule is Fc1nc(OC(Oc2nc(F)c(Cl)c(F)n2)(Oc2nc(F)c(Cl)c(F)n2)Sc2nc(F)c(Cl)c(F)n2)nc(F)c1Cl. The zero-order chi connectivity index (χ0) is 30.2. The van der Waals surface area contributed by atoms with Crippen LogP contribution in [-0.2, 0) is 0 Å². The minimum absolute atomic E-state index is 0.396. The van der Waals surface area contributed by atoms with Crippen molar-refractivity contribution in [3.05, 3.63) is 67.7 Å². The van der Waals surface area contributed by atoms with Crippen LogP contribution in [0, 0.1) is 47.6 Å². The Balaban J connectivity index is 1.94. The maximum atomic E-state index is 14.1. The van der Waals surface area contributed by atoms with E-state index < -0.39 is 108 Å². The number of thioether (sulfide) groups is 1. The Kier molecular flexibility index (Phi) is 8.87. The summed E-state index contributed by atoms with van der Waals surface area (Å²) in [6.45, 7) is 0. The molecule has 0 aliphatic carbocycles. The molecule has 0 unspecified atom stereocenters. The lowest BCUT2D eigenvalue weighted by molar-refractivity contribution is -0.187. The maximum Gasteiger partial charge on any atom is 0.489 e. The molecule has 4 aromatic rings. The molecule has 0 radical (unpaired) electrons. The van der Waals surface area contributed by atoms with Gasteiger partial charge >= 0.3 is 23.3 Å². The largest absolute Gasteiger partial charge is 0.489 e. The highest BCUT2D eigenvalue weighted by atomic mass is 35.5. The van der Waals surface area contributed by atoms with E-state index >= 15 is 0 Å². The summed E-state index contributed by atoms with van der Waals surface area (Å²) in [5, 5.41) is -9.67. The zero-order valence-electron chi connectivity index (χ0n) is 18.2. The van der Waals surface area contributed by atoms with E-state index in [0.717, 1.165) is 0 Å². The highest BCUT2D eigenvalue weighted by molar-refractivity contribution is 8.00. The van der Waals surface area contributed by atoms with Crippen molar-refractivity contribution in [3.63, 3.8) is 0 Å². The predicted molar refractivity (Wildman–Crippen MR) is 118 cm³/mol. The summed E-state index contributed by atoms with van der Waals surface area (Å²) in [7, 11) is 0. The Morgan fingerprint density at radius 2 is 0.634 bits per heavy atom. The molecule has 0 saturated carbocycles. The molecule has 0 saturated heterocycles. The van der Waals surface area contributed by atoms with Crippen molar-refractivity contribution in [2.75, 3.05) is 0 Å². The van der Waals surface area contributed by atoms with Crippen LogP contribution in [-0.4, -0.2) is 45.2 Å². The standard InChI is InChI=1S/C17Cl4F8N8O3S/c18-1-5(22)30-13(31-6(1)23)38-17(39-14-32-7(24)2(19)8(25)33-14,40-15-34-9(26)3(20)10(27)35-15)41-16-36-11(28)4(21)12(29)37-16. The topological polar surface area (TPSA) is 131 Å². The van der Waals surface area contributed by atoms with Gasteiger partial charge in [-0.1, -0.05) is 46.4 Å². The number of ether oxygens (including phenoxy) is 3. The summed E-state index contributed by atoms with van der Waals surface area (Å²) in [4.78, 5) is 24.4. The summed E-state index contributed by atoms with van der Waals surface area (Å²) in [6.07, 6.45) is 0. The van der Waals surface area contributed by atoms with Crippen LogP contribution in [0.5, 0.6) is 18.0 Å². The highest BCUT2D eigenvalue weighted by Gasteiger charge is 2.47. The molecule has 0 aliphatic rings. The monoisotopic (exact) mass is 688 g/mol. The minimum Gasteiger partial charge on any atom is -0.376 e. The van der Waals surface area contributed by atoms with E-state index in [-0.39, 0.29) is 0 Å². The summed E-state index contributed by atoms with van der Waals surface area (Å²) in [6, 6.07) is -4.34. The van der Waals surface area contributed by atoms with E-state index in [1.54, 1.807) is 0 Å². The number of hydrogen-bond acceptors (Lipinski definition) is 12. The number of rotatable bonds is 8. The van der Waals surface area contributed by atoms with Crippen molar-refractivity contribution in [1.82, 2.24) is 39.9 Å². The van der Waals surface area contributed by atoms with Crippen LogP contribution in [0.2, 0.25) is 20.1 Å². The first-order valence-corrected chi connectivity index (χ1v) is 11.8. The third-order valence-electron chi connectivity index (χ3n) is 3.86. The minimum atomic E-state index is -3.56. The average molecular weight is 690 g/mol. The molecule has 11 nitrogen and oxygen atoms in total. The Morgan fingerprint density at radius 3 is 0.878 bits per heavy atom. The molecule has 0 aliphatic heterocycles. The van der Waals surface area contributed by atoms with E-state index in [9.17, 15) is 35.1 Å². The van der Waals surface area contributed by atoms with Gasteiger partial charge in [-0.25, -0.2) is 0 Å². The molecular weight excluding hydrogens is 690 g/mol. The Labute approximate surface area is 243 Å². The van der Waals surface area contributed by atoms with Gasteiger partial charge in [0.15, 0.2) is 20.1 Å². The molecule has 0 amide bonds. The van der Waals surface area contributed by atoms with Crippen molar-refractivity contribution >= 4 is 58.2 Å². The van der Waals surface area contributed by atoms with Gasteiger partial charge < -0.3 is 14.2 Å². The van der Waals surface area contributed by atoms with Gasteiger partial charge in [0.2, 0.25) is 52.7 Å². The molecule has 0 spiro atoms. The third kappa shape index (κ3) is 6.77. The van der Waals surface area contributed by atoms with Gasteiger partial charge in [-0.3, -0.25) is 0 Å². The van der Waals surface area contributed by atoms with Crippen molar-refractivity contribution in [2.24, 2.45) is 0 Å². The van der Waals surface area contributed by atoms with Gasteiger partial charge in [-0.2, -0.15) is 75.0 Å². The number of nitrogens with zero attached hydrogens (tertiary/aromatic N) is 8. The second-order valence-electron chi connectivity index (χ2n) is 6.52. The summed E-state index contributed by atoms with van der Waals surface area (Å²) in [5.41, 5.74) is 0. The molecule has 0 N–H and O–H groups in total. The molecule has 216 valence electrons. The molecule has 4 heterocycles. The first kappa shape index (κ1) is 30.6. The fourth-order valence-electron chi connectivity index (χ4n) is 2.26. The average Bonchev–Trinajstić information content (AvgIpc) is 2.87. The second kappa shape index (κ2) is 11.9. The van der Waals surface area contributed by atoms with Crippen molar-refractivity contribution < 1.29 is 49.3 Å². The van der Waals surface area contributed by atoms with Crippen molar-refractivity contribution in [1.29, 1.82) is 0 Å². The van der Waals surface area contributed by atoms with Crippen molar-refractivity contribution in [3.8, 4) is 18.0 Å². The predicted octanol–water partition coefficient (Wildman–Crippen LogP) is 5.51. The Morgan fingerprint density at radius 1 is 0.415 bits per heavy atom. The number of hydrogen-bond donors (Lipinski definition) is 0. The van der Waals surface area contributed by atoms with E-state index in [1.807, 2.05) is 0 Å². The van der Waals surface area contributed by atoms with Gasteiger partial charge in [0.25, 0.3) is 0 Å². The van der Waals surface area contributed by atoms with Crippen molar-refractivity contribution in [2.45, 2.75) is 10.5 Å². The van der Waals surface area contributed by atoms with Gasteiger partial charge in [-0.05, 0) is 0 Å².